The molecule has 1 aromatic carbocycles. The van der Waals surface area contributed by atoms with Gasteiger partial charge < -0.3 is 9.88 Å². The van der Waals surface area contributed by atoms with Crippen LogP contribution in [-0.4, -0.2) is 17.0 Å². The van der Waals surface area contributed by atoms with Crippen LogP contribution in [0.3, 0.4) is 0 Å². The molecule has 2 aromatic rings. The first kappa shape index (κ1) is 11.3. The molecule has 0 aliphatic heterocycles. The molecule has 86 valence electrons. The van der Waals surface area contributed by atoms with Crippen molar-refractivity contribution in [2.24, 2.45) is 7.05 Å². The Bertz CT molecular complexity index is 590. The Balaban J connectivity index is 2.25. The van der Waals surface area contributed by atoms with Gasteiger partial charge in [-0.1, -0.05) is 24.1 Å². The van der Waals surface area contributed by atoms with Crippen molar-refractivity contribution in [3.8, 4) is 12.3 Å². The fraction of sp³-hybridized carbons (Fsp3) is 0.214. The SMILES string of the molecule is C#CCNC(=O)Cc1cn(C)c2ccccc12. The Morgan fingerprint density at radius 2 is 2.24 bits per heavy atom. The van der Waals surface area contributed by atoms with Gasteiger partial charge in [0.2, 0.25) is 5.91 Å². The molecule has 1 heterocycles. The number of carbonyl (C=O) groups excluding carboxylic acids is 1. The molecule has 0 fully saturated rings. The number of aryl methyl sites for hydroxylation is 1. The largest absolute Gasteiger partial charge is 0.350 e. The number of hydrogen-bond donors (Lipinski definition) is 1. The quantitative estimate of drug-likeness (QED) is 0.790. The molecule has 1 aromatic heterocycles. The highest BCUT2D eigenvalue weighted by molar-refractivity contribution is 5.89. The molecule has 0 spiro atoms. The van der Waals surface area contributed by atoms with Crippen LogP contribution in [0.4, 0.5) is 0 Å². The van der Waals surface area contributed by atoms with Gasteiger partial charge in [0.1, 0.15) is 0 Å². The summed E-state index contributed by atoms with van der Waals surface area (Å²) in [5, 5.41) is 3.79. The maximum absolute atomic E-state index is 11.6. The molecule has 0 unspecified atom stereocenters. The van der Waals surface area contributed by atoms with Crippen LogP contribution in [0.5, 0.6) is 0 Å². The van der Waals surface area contributed by atoms with Crippen LogP contribution in [0.2, 0.25) is 0 Å². The van der Waals surface area contributed by atoms with Crippen molar-refractivity contribution >= 4 is 16.8 Å². The van der Waals surface area contributed by atoms with Crippen molar-refractivity contribution < 1.29 is 4.79 Å². The number of nitrogens with zero attached hydrogens (tertiary/aromatic N) is 1. The van der Waals surface area contributed by atoms with E-state index in [2.05, 4.69) is 11.2 Å². The summed E-state index contributed by atoms with van der Waals surface area (Å²) in [5.74, 6) is 2.35. The number of carbonyl (C=O) groups is 1. The van der Waals surface area contributed by atoms with E-state index in [1.54, 1.807) is 0 Å². The van der Waals surface area contributed by atoms with Crippen molar-refractivity contribution in [2.75, 3.05) is 6.54 Å². The number of terminal acetylenes is 1. The highest BCUT2D eigenvalue weighted by Crippen LogP contribution is 2.20. The van der Waals surface area contributed by atoms with E-state index in [0.717, 1.165) is 16.5 Å². The van der Waals surface area contributed by atoms with Crippen molar-refractivity contribution in [2.45, 2.75) is 6.42 Å². The lowest BCUT2D eigenvalue weighted by atomic mass is 10.1. The minimum atomic E-state index is -0.0423. The lowest BCUT2D eigenvalue weighted by Gasteiger charge is -2.00. The summed E-state index contributed by atoms with van der Waals surface area (Å²) in [6.45, 7) is 0.281. The fourth-order valence-electron chi connectivity index (χ4n) is 1.95. The zero-order valence-electron chi connectivity index (χ0n) is 9.73. The first-order valence-corrected chi connectivity index (χ1v) is 5.45. The fourth-order valence-corrected chi connectivity index (χ4v) is 1.95. The van der Waals surface area contributed by atoms with Crippen LogP contribution in [0, 0.1) is 12.3 Å². The first-order chi connectivity index (χ1) is 8.22. The zero-order chi connectivity index (χ0) is 12.3. The third-order valence-corrected chi connectivity index (χ3v) is 2.72. The second-order valence-electron chi connectivity index (χ2n) is 3.94. The van der Waals surface area contributed by atoms with E-state index < -0.39 is 0 Å². The summed E-state index contributed by atoms with van der Waals surface area (Å²) >= 11 is 0. The van der Waals surface area contributed by atoms with Crippen molar-refractivity contribution in [3.63, 3.8) is 0 Å². The molecule has 17 heavy (non-hydrogen) atoms. The van der Waals surface area contributed by atoms with Gasteiger partial charge in [0.25, 0.3) is 0 Å². The van der Waals surface area contributed by atoms with E-state index in [4.69, 9.17) is 6.42 Å². The lowest BCUT2D eigenvalue weighted by Crippen LogP contribution is -2.25. The number of aromatic nitrogens is 1. The van der Waals surface area contributed by atoms with E-state index in [-0.39, 0.29) is 12.5 Å². The van der Waals surface area contributed by atoms with Gasteiger partial charge in [-0.25, -0.2) is 0 Å². The Labute approximate surface area is 100 Å². The third kappa shape index (κ3) is 2.31. The van der Waals surface area contributed by atoms with Gasteiger partial charge in [-0.05, 0) is 11.6 Å². The molecule has 3 heteroatoms. The molecule has 3 nitrogen and oxygen atoms in total. The molecular formula is C14H14N2O. The van der Waals surface area contributed by atoms with Gasteiger partial charge in [0, 0.05) is 24.1 Å². The monoisotopic (exact) mass is 226 g/mol. The predicted molar refractivity (Wildman–Crippen MR) is 68.5 cm³/mol. The van der Waals surface area contributed by atoms with Crippen molar-refractivity contribution in [3.05, 3.63) is 36.0 Å². The van der Waals surface area contributed by atoms with Gasteiger partial charge in [-0.3, -0.25) is 4.79 Å². The van der Waals surface area contributed by atoms with E-state index in [9.17, 15) is 4.79 Å². The third-order valence-electron chi connectivity index (χ3n) is 2.72. The average molecular weight is 226 g/mol. The number of hydrogen-bond acceptors (Lipinski definition) is 1. The summed E-state index contributed by atoms with van der Waals surface area (Å²) in [4.78, 5) is 11.6. The summed E-state index contributed by atoms with van der Waals surface area (Å²) in [5.41, 5.74) is 2.16. The Hall–Kier alpha value is -2.21. The van der Waals surface area contributed by atoms with E-state index in [1.165, 1.54) is 0 Å². The maximum atomic E-state index is 11.6. The minimum Gasteiger partial charge on any atom is -0.350 e. The molecule has 0 atom stereocenters. The number of nitrogens with one attached hydrogen (secondary N) is 1. The summed E-state index contributed by atoms with van der Waals surface area (Å²) in [6, 6.07) is 8.03. The topological polar surface area (TPSA) is 34.0 Å². The van der Waals surface area contributed by atoms with Crippen LogP contribution >= 0.6 is 0 Å². The Morgan fingerprint density at radius 1 is 1.47 bits per heavy atom. The van der Waals surface area contributed by atoms with Gasteiger partial charge in [-0.2, -0.15) is 0 Å². The highest BCUT2D eigenvalue weighted by atomic mass is 16.1. The molecule has 0 bridgehead atoms. The summed E-state index contributed by atoms with van der Waals surface area (Å²) in [6.07, 6.45) is 7.45. The molecule has 1 amide bonds. The number of benzene rings is 1. The normalized spacial score (nSPS) is 10.1. The van der Waals surface area contributed by atoms with E-state index in [0.29, 0.717) is 6.42 Å². The maximum Gasteiger partial charge on any atom is 0.225 e. The van der Waals surface area contributed by atoms with E-state index >= 15 is 0 Å². The Morgan fingerprint density at radius 3 is 3.00 bits per heavy atom. The van der Waals surface area contributed by atoms with Crippen LogP contribution in [0.25, 0.3) is 10.9 Å². The molecule has 0 saturated heterocycles. The molecule has 0 saturated carbocycles. The number of para-hydroxylation sites is 1. The van der Waals surface area contributed by atoms with Gasteiger partial charge in [-0.15, -0.1) is 6.42 Å². The molecule has 0 radical (unpaired) electrons. The predicted octanol–water partition coefficient (Wildman–Crippen LogP) is 1.47. The summed E-state index contributed by atoms with van der Waals surface area (Å²) < 4.78 is 2.03. The van der Waals surface area contributed by atoms with Crippen LogP contribution in [0.15, 0.2) is 30.5 Å². The number of rotatable bonds is 3. The van der Waals surface area contributed by atoms with Crippen LogP contribution < -0.4 is 5.32 Å². The molecular weight excluding hydrogens is 212 g/mol. The molecule has 2 rings (SSSR count). The van der Waals surface area contributed by atoms with Crippen LogP contribution in [-0.2, 0) is 18.3 Å². The minimum absolute atomic E-state index is 0.0423. The van der Waals surface area contributed by atoms with E-state index in [1.807, 2.05) is 42.1 Å². The standard InChI is InChI=1S/C14H14N2O/c1-3-8-15-14(17)9-11-10-16(2)13-7-5-4-6-12(11)13/h1,4-7,10H,8-9H2,2H3,(H,15,17). The van der Waals surface area contributed by atoms with Gasteiger partial charge in [0.15, 0.2) is 0 Å². The lowest BCUT2D eigenvalue weighted by molar-refractivity contribution is -0.120. The average Bonchev–Trinajstić information content (AvgIpc) is 2.65. The second kappa shape index (κ2) is 4.75. The number of fused-ring (bicyclic) bond motifs is 1. The Kier molecular flexibility index (Phi) is 3.15. The number of amides is 1. The molecule has 0 aliphatic rings. The first-order valence-electron chi connectivity index (χ1n) is 5.45. The van der Waals surface area contributed by atoms with Crippen LogP contribution in [0.1, 0.15) is 5.56 Å². The van der Waals surface area contributed by atoms with Crippen molar-refractivity contribution in [1.82, 2.24) is 9.88 Å². The summed E-state index contributed by atoms with van der Waals surface area (Å²) in [7, 11) is 1.98. The van der Waals surface area contributed by atoms with Crippen molar-refractivity contribution in [1.29, 1.82) is 0 Å². The molecule has 0 aliphatic carbocycles. The van der Waals surface area contributed by atoms with Gasteiger partial charge >= 0.3 is 0 Å². The molecule has 1 N–H and O–H groups in total. The smallest absolute Gasteiger partial charge is 0.225 e. The highest BCUT2D eigenvalue weighted by Gasteiger charge is 2.09. The van der Waals surface area contributed by atoms with Gasteiger partial charge in [0.05, 0.1) is 13.0 Å². The zero-order valence-corrected chi connectivity index (χ0v) is 9.73. The second-order valence-corrected chi connectivity index (χ2v) is 3.94.